The molecule has 1 heterocycles. The van der Waals surface area contributed by atoms with Gasteiger partial charge >= 0.3 is 11.9 Å². The van der Waals surface area contributed by atoms with Crippen LogP contribution in [0.2, 0.25) is 10.0 Å². The molecule has 0 bridgehead atoms. The zero-order chi connectivity index (χ0) is 27.5. The lowest BCUT2D eigenvalue weighted by molar-refractivity contribution is 0.0464. The van der Waals surface area contributed by atoms with Gasteiger partial charge in [-0.2, -0.15) is 0 Å². The Morgan fingerprint density at radius 2 is 1.05 bits per heavy atom. The van der Waals surface area contributed by atoms with Gasteiger partial charge in [-0.25, -0.2) is 14.5 Å². The van der Waals surface area contributed by atoms with E-state index in [1.807, 2.05) is 0 Å². The molecule has 2 amide bonds. The zero-order valence-corrected chi connectivity index (χ0v) is 21.7. The normalized spacial score (nSPS) is 12.3. The molecule has 0 saturated heterocycles. The van der Waals surface area contributed by atoms with E-state index in [2.05, 4.69) is 0 Å². The Labute approximate surface area is 233 Å². The summed E-state index contributed by atoms with van der Waals surface area (Å²) < 4.78 is 10.7. The number of fused-ring (bicyclic) bond motifs is 1. The van der Waals surface area contributed by atoms with Gasteiger partial charge in [0.1, 0.15) is 13.2 Å². The Hall–Kier alpha value is -4.46. The maximum absolute atomic E-state index is 13.1. The Morgan fingerprint density at radius 1 is 0.590 bits per heavy atom. The summed E-state index contributed by atoms with van der Waals surface area (Å²) in [6.45, 7) is 0.0984. The first kappa shape index (κ1) is 26.2. The highest BCUT2D eigenvalue weighted by Crippen LogP contribution is 2.30. The Bertz CT molecular complexity index is 1580. The average Bonchev–Trinajstić information content (AvgIpc) is 3.21. The third-order valence-corrected chi connectivity index (χ3v) is 6.55. The van der Waals surface area contributed by atoms with Gasteiger partial charge < -0.3 is 9.47 Å². The SMILES string of the molecule is O=C(OCc1ccc(Cl)cc1)c1ccc(N2C(=O)c3ccc(C(=O)OCc4ccc(Cl)cc4)cc3C2=O)cc1. The lowest BCUT2D eigenvalue weighted by Gasteiger charge is -2.14. The van der Waals surface area contributed by atoms with Crippen molar-refractivity contribution in [3.8, 4) is 0 Å². The summed E-state index contributed by atoms with van der Waals surface area (Å²) in [5, 5.41) is 1.15. The zero-order valence-electron chi connectivity index (χ0n) is 20.2. The van der Waals surface area contributed by atoms with E-state index in [1.165, 1.54) is 42.5 Å². The van der Waals surface area contributed by atoms with E-state index in [1.54, 1.807) is 48.5 Å². The minimum atomic E-state index is -0.632. The molecule has 0 aliphatic carbocycles. The summed E-state index contributed by atoms with van der Waals surface area (Å²) >= 11 is 11.7. The van der Waals surface area contributed by atoms with E-state index in [-0.39, 0.29) is 41.2 Å². The molecule has 39 heavy (non-hydrogen) atoms. The summed E-state index contributed by atoms with van der Waals surface area (Å²) in [7, 11) is 0. The van der Waals surface area contributed by atoms with Gasteiger partial charge in [-0.15, -0.1) is 0 Å². The van der Waals surface area contributed by atoms with Crippen LogP contribution in [0.3, 0.4) is 0 Å². The number of imide groups is 1. The maximum atomic E-state index is 13.1. The highest BCUT2D eigenvalue weighted by atomic mass is 35.5. The molecule has 0 aromatic heterocycles. The largest absolute Gasteiger partial charge is 0.457 e. The predicted molar refractivity (Wildman–Crippen MR) is 145 cm³/mol. The number of hydrogen-bond acceptors (Lipinski definition) is 6. The molecule has 9 heteroatoms. The smallest absolute Gasteiger partial charge is 0.338 e. The van der Waals surface area contributed by atoms with Crippen molar-refractivity contribution in [2.45, 2.75) is 13.2 Å². The highest BCUT2D eigenvalue weighted by Gasteiger charge is 2.37. The van der Waals surface area contributed by atoms with Crippen LogP contribution < -0.4 is 4.90 Å². The van der Waals surface area contributed by atoms with Gasteiger partial charge in [0.2, 0.25) is 0 Å². The van der Waals surface area contributed by atoms with E-state index in [0.29, 0.717) is 10.0 Å². The number of rotatable bonds is 7. The number of ether oxygens (including phenoxy) is 2. The first-order chi connectivity index (χ1) is 18.8. The maximum Gasteiger partial charge on any atom is 0.338 e. The number of carbonyl (C=O) groups excluding carboxylic acids is 4. The highest BCUT2D eigenvalue weighted by molar-refractivity contribution is 6.34. The molecule has 5 rings (SSSR count). The number of benzene rings is 4. The van der Waals surface area contributed by atoms with Crippen LogP contribution in [0.1, 0.15) is 52.6 Å². The van der Waals surface area contributed by atoms with E-state index < -0.39 is 23.8 Å². The van der Waals surface area contributed by atoms with Crippen LogP contribution in [0.25, 0.3) is 0 Å². The molecule has 0 fully saturated rings. The fourth-order valence-electron chi connectivity index (χ4n) is 3.97. The van der Waals surface area contributed by atoms with Gasteiger partial charge in [0.25, 0.3) is 11.8 Å². The summed E-state index contributed by atoms with van der Waals surface area (Å²) in [6, 6.07) is 23.9. The first-order valence-corrected chi connectivity index (χ1v) is 12.5. The average molecular weight is 560 g/mol. The standard InChI is InChI=1S/C30H19Cl2NO6/c31-22-8-1-18(2-9-22)16-38-29(36)20-5-12-24(13-6-20)33-27(34)25-14-7-21(15-26(25)28(33)35)30(37)39-17-19-3-10-23(32)11-4-19/h1-15H,16-17H2. The fourth-order valence-corrected chi connectivity index (χ4v) is 4.23. The van der Waals surface area contributed by atoms with Crippen molar-refractivity contribution in [1.29, 1.82) is 0 Å². The second-order valence-electron chi connectivity index (χ2n) is 8.66. The second kappa shape index (κ2) is 11.1. The molecule has 4 aromatic carbocycles. The quantitative estimate of drug-likeness (QED) is 0.189. The van der Waals surface area contributed by atoms with Crippen molar-refractivity contribution in [3.63, 3.8) is 0 Å². The number of nitrogens with zero attached hydrogens (tertiary/aromatic N) is 1. The molecule has 0 radical (unpaired) electrons. The molecule has 4 aromatic rings. The summed E-state index contributed by atoms with van der Waals surface area (Å²) in [5.74, 6) is -2.30. The van der Waals surface area contributed by atoms with Crippen LogP contribution in [-0.4, -0.2) is 23.8 Å². The third-order valence-electron chi connectivity index (χ3n) is 6.05. The molecule has 0 spiro atoms. The molecule has 7 nitrogen and oxygen atoms in total. The monoisotopic (exact) mass is 559 g/mol. The minimum Gasteiger partial charge on any atom is -0.457 e. The van der Waals surface area contributed by atoms with Crippen molar-refractivity contribution >= 4 is 52.6 Å². The van der Waals surface area contributed by atoms with Gasteiger partial charge in [0, 0.05) is 10.0 Å². The van der Waals surface area contributed by atoms with Gasteiger partial charge in [0.05, 0.1) is 27.9 Å². The molecular formula is C30H19Cl2NO6. The Morgan fingerprint density at radius 3 is 1.59 bits per heavy atom. The van der Waals surface area contributed by atoms with Gasteiger partial charge in [-0.1, -0.05) is 47.5 Å². The van der Waals surface area contributed by atoms with E-state index in [9.17, 15) is 19.2 Å². The van der Waals surface area contributed by atoms with Crippen LogP contribution >= 0.6 is 23.2 Å². The minimum absolute atomic E-state index is 0.0283. The van der Waals surface area contributed by atoms with E-state index in [4.69, 9.17) is 32.7 Å². The molecular weight excluding hydrogens is 541 g/mol. The topological polar surface area (TPSA) is 90.0 Å². The third kappa shape index (κ3) is 5.70. The molecule has 0 N–H and O–H groups in total. The van der Waals surface area contributed by atoms with Crippen molar-refractivity contribution < 1.29 is 28.7 Å². The summed E-state index contributed by atoms with van der Waals surface area (Å²) in [5.41, 5.74) is 2.47. The second-order valence-corrected chi connectivity index (χ2v) is 9.53. The van der Waals surface area contributed by atoms with Crippen LogP contribution in [0.5, 0.6) is 0 Å². The number of amides is 2. The van der Waals surface area contributed by atoms with Gasteiger partial charge in [-0.05, 0) is 77.9 Å². The number of halogens is 2. The molecule has 0 atom stereocenters. The van der Waals surface area contributed by atoms with Gasteiger partial charge in [-0.3, -0.25) is 9.59 Å². The number of esters is 2. The number of carbonyl (C=O) groups is 4. The molecule has 0 saturated carbocycles. The van der Waals surface area contributed by atoms with Gasteiger partial charge in [0.15, 0.2) is 0 Å². The van der Waals surface area contributed by atoms with E-state index in [0.717, 1.165) is 16.0 Å². The predicted octanol–water partition coefficient (Wildman–Crippen LogP) is 6.51. The molecule has 1 aliphatic heterocycles. The summed E-state index contributed by atoms with van der Waals surface area (Å²) in [4.78, 5) is 52.2. The van der Waals surface area contributed by atoms with Crippen LogP contribution in [0, 0.1) is 0 Å². The van der Waals surface area contributed by atoms with Crippen molar-refractivity contribution in [1.82, 2.24) is 0 Å². The molecule has 1 aliphatic rings. The van der Waals surface area contributed by atoms with E-state index >= 15 is 0 Å². The van der Waals surface area contributed by atoms with Crippen molar-refractivity contribution in [3.05, 3.63) is 134 Å². The van der Waals surface area contributed by atoms with Crippen LogP contribution in [0.15, 0.2) is 91.0 Å². The lowest BCUT2D eigenvalue weighted by atomic mass is 10.1. The number of anilines is 1. The number of hydrogen-bond donors (Lipinski definition) is 0. The van der Waals surface area contributed by atoms with Crippen molar-refractivity contribution in [2.24, 2.45) is 0 Å². The molecule has 0 unspecified atom stereocenters. The van der Waals surface area contributed by atoms with Crippen LogP contribution in [0.4, 0.5) is 5.69 Å². The lowest BCUT2D eigenvalue weighted by Crippen LogP contribution is -2.29. The molecule has 194 valence electrons. The Balaban J connectivity index is 1.25. The fraction of sp³-hybridized carbons (Fsp3) is 0.0667. The first-order valence-electron chi connectivity index (χ1n) is 11.8. The summed E-state index contributed by atoms with van der Waals surface area (Å²) in [6.07, 6.45) is 0. The van der Waals surface area contributed by atoms with Crippen molar-refractivity contribution in [2.75, 3.05) is 4.90 Å². The Kier molecular flexibility index (Phi) is 7.45. The van der Waals surface area contributed by atoms with Crippen LogP contribution in [-0.2, 0) is 22.7 Å².